The highest BCUT2D eigenvalue weighted by Gasteiger charge is 2.28. The Morgan fingerprint density at radius 1 is 0.917 bits per heavy atom. The number of rotatable bonds is 6. The summed E-state index contributed by atoms with van der Waals surface area (Å²) in [4.78, 5) is 44.9. The smallest absolute Gasteiger partial charge is 0.380 e. The van der Waals surface area contributed by atoms with Crippen LogP contribution in [0.5, 0.6) is 0 Å². The summed E-state index contributed by atoms with van der Waals surface area (Å²) < 4.78 is 5.17. The molecule has 0 radical (unpaired) electrons. The summed E-state index contributed by atoms with van der Waals surface area (Å²) in [6.07, 6.45) is 2.30. The number of aromatic nitrogens is 1. The fourth-order valence-corrected chi connectivity index (χ4v) is 4.30. The Morgan fingerprint density at radius 2 is 1.67 bits per heavy atom. The molecule has 1 amide bonds. The van der Waals surface area contributed by atoms with Gasteiger partial charge < -0.3 is 9.64 Å². The van der Waals surface area contributed by atoms with E-state index >= 15 is 0 Å². The van der Waals surface area contributed by atoms with Crippen LogP contribution in [0.3, 0.4) is 0 Å². The zero-order chi connectivity index (χ0) is 25.1. The summed E-state index contributed by atoms with van der Waals surface area (Å²) in [7, 11) is 0. The molecule has 0 N–H and O–H groups in total. The highest BCUT2D eigenvalue weighted by molar-refractivity contribution is 6.53. The lowest BCUT2D eigenvalue weighted by Crippen LogP contribution is -2.34. The maximum atomic E-state index is 13.2. The van der Waals surface area contributed by atoms with Gasteiger partial charge in [-0.3, -0.25) is 9.59 Å². The van der Waals surface area contributed by atoms with E-state index in [0.717, 1.165) is 23.1 Å². The number of amides is 1. The van der Waals surface area contributed by atoms with Gasteiger partial charge in [0.15, 0.2) is 6.61 Å². The van der Waals surface area contributed by atoms with E-state index < -0.39 is 18.4 Å². The zero-order valence-electron chi connectivity index (χ0n) is 19.2. The predicted octanol–water partition coefficient (Wildman–Crippen LogP) is 5.13. The molecule has 0 fully saturated rings. The van der Waals surface area contributed by atoms with Gasteiger partial charge in [-0.2, -0.15) is 0 Å². The van der Waals surface area contributed by atoms with Gasteiger partial charge in [0.1, 0.15) is 0 Å². The second kappa shape index (κ2) is 10.1. The van der Waals surface area contributed by atoms with Gasteiger partial charge in [-0.15, -0.1) is 0 Å². The molecule has 36 heavy (non-hydrogen) atoms. The van der Waals surface area contributed by atoms with Crippen LogP contribution in [0.25, 0.3) is 22.6 Å². The molecule has 0 bridgehead atoms. The molecule has 1 aliphatic heterocycles. The number of hydrogen-bond acceptors (Lipinski definition) is 5. The van der Waals surface area contributed by atoms with Crippen LogP contribution in [-0.4, -0.2) is 35.8 Å². The Bertz CT molecular complexity index is 1510. The van der Waals surface area contributed by atoms with Crippen molar-refractivity contribution in [2.24, 2.45) is 0 Å². The molecule has 3 aromatic carbocycles. The molecular formula is C29H21ClN2O4. The number of hydrogen-bond donors (Lipinski definition) is 0. The van der Waals surface area contributed by atoms with Crippen molar-refractivity contribution in [2.75, 3.05) is 18.1 Å². The summed E-state index contributed by atoms with van der Waals surface area (Å²) in [5, 5.41) is 1.45. The maximum absolute atomic E-state index is 13.2. The van der Waals surface area contributed by atoms with Crippen molar-refractivity contribution in [3.05, 3.63) is 107 Å². The Balaban J connectivity index is 1.38. The maximum Gasteiger partial charge on any atom is 0.380 e. The molecule has 7 heteroatoms. The van der Waals surface area contributed by atoms with Gasteiger partial charge in [-0.25, -0.2) is 9.78 Å². The van der Waals surface area contributed by atoms with Crippen LogP contribution in [0, 0.1) is 0 Å². The van der Waals surface area contributed by atoms with Crippen LogP contribution in [-0.2, 0) is 25.5 Å². The standard InChI is InChI=1S/C29H21ClN2O4/c30-22-12-9-19(10-13-22)17-23(25-14-11-20-5-1-3-7-24(20)31-25)28(34)29(35)36-18-27(33)32-16-15-21-6-2-4-8-26(21)32/h1-14,17H,15-16,18H2/b23-17+. The molecule has 4 aromatic rings. The molecule has 0 spiro atoms. The van der Waals surface area contributed by atoms with E-state index in [1.54, 1.807) is 41.3 Å². The first-order chi connectivity index (χ1) is 17.5. The Kier molecular flexibility index (Phi) is 6.60. The highest BCUT2D eigenvalue weighted by atomic mass is 35.5. The number of ether oxygens (including phenoxy) is 1. The molecule has 1 aliphatic rings. The fraction of sp³-hybridized carbons (Fsp3) is 0.103. The summed E-state index contributed by atoms with van der Waals surface area (Å²) in [5.41, 5.74) is 3.59. The van der Waals surface area contributed by atoms with E-state index in [1.165, 1.54) is 0 Å². The second-order valence-electron chi connectivity index (χ2n) is 8.33. The quantitative estimate of drug-likeness (QED) is 0.210. The van der Waals surface area contributed by atoms with E-state index in [-0.39, 0.29) is 11.5 Å². The first-order valence-corrected chi connectivity index (χ1v) is 11.8. The normalized spacial score (nSPS) is 12.9. The molecule has 178 valence electrons. The van der Waals surface area contributed by atoms with E-state index in [2.05, 4.69) is 4.98 Å². The third kappa shape index (κ3) is 4.90. The lowest BCUT2D eigenvalue weighted by molar-refractivity contribution is -0.153. The lowest BCUT2D eigenvalue weighted by atomic mass is 10.0. The minimum Gasteiger partial charge on any atom is -0.450 e. The van der Waals surface area contributed by atoms with Crippen molar-refractivity contribution in [2.45, 2.75) is 6.42 Å². The molecule has 0 saturated heterocycles. The Hall–Kier alpha value is -4.29. The molecule has 0 saturated carbocycles. The van der Waals surface area contributed by atoms with Crippen molar-refractivity contribution in [1.29, 1.82) is 0 Å². The van der Waals surface area contributed by atoms with Gasteiger partial charge in [-0.1, -0.05) is 66.2 Å². The van der Waals surface area contributed by atoms with Crippen molar-refractivity contribution in [1.82, 2.24) is 4.98 Å². The van der Waals surface area contributed by atoms with E-state index in [0.29, 0.717) is 28.3 Å². The second-order valence-corrected chi connectivity index (χ2v) is 8.76. The molecule has 0 atom stereocenters. The number of carbonyl (C=O) groups excluding carboxylic acids is 3. The van der Waals surface area contributed by atoms with E-state index in [4.69, 9.17) is 16.3 Å². The minimum atomic E-state index is -1.12. The topological polar surface area (TPSA) is 76.6 Å². The van der Waals surface area contributed by atoms with Gasteiger partial charge in [0.05, 0.1) is 16.8 Å². The largest absolute Gasteiger partial charge is 0.450 e. The number of ketones is 1. The molecular weight excluding hydrogens is 476 g/mol. The van der Waals surface area contributed by atoms with Crippen LogP contribution >= 0.6 is 11.6 Å². The first kappa shape index (κ1) is 23.5. The average molecular weight is 497 g/mol. The fourth-order valence-electron chi connectivity index (χ4n) is 4.18. The van der Waals surface area contributed by atoms with Crippen LogP contribution < -0.4 is 4.90 Å². The van der Waals surface area contributed by atoms with Crippen molar-refractivity contribution < 1.29 is 19.1 Å². The van der Waals surface area contributed by atoms with E-state index in [9.17, 15) is 14.4 Å². The number of anilines is 1. The number of esters is 1. The molecule has 0 aliphatic carbocycles. The summed E-state index contributed by atoms with van der Waals surface area (Å²) in [5.74, 6) is -2.39. The molecule has 2 heterocycles. The van der Waals surface area contributed by atoms with Crippen LogP contribution in [0.1, 0.15) is 16.8 Å². The number of pyridine rings is 1. The Morgan fingerprint density at radius 3 is 2.50 bits per heavy atom. The van der Waals surface area contributed by atoms with Gasteiger partial charge in [0.2, 0.25) is 0 Å². The van der Waals surface area contributed by atoms with Crippen molar-refractivity contribution >= 4 is 57.5 Å². The SMILES string of the molecule is O=C(OCC(=O)N1CCc2ccccc21)C(=O)/C(=C/c1ccc(Cl)cc1)c1ccc2ccccc2n1. The number of halogens is 1. The van der Waals surface area contributed by atoms with Crippen molar-refractivity contribution in [3.63, 3.8) is 0 Å². The highest BCUT2D eigenvalue weighted by Crippen LogP contribution is 2.27. The van der Waals surface area contributed by atoms with Gasteiger partial charge >= 0.3 is 5.97 Å². The summed E-state index contributed by atoms with van der Waals surface area (Å²) >= 11 is 5.99. The minimum absolute atomic E-state index is 0.0621. The van der Waals surface area contributed by atoms with Gasteiger partial charge in [-0.05, 0) is 54.0 Å². The molecule has 1 aromatic heterocycles. The molecule has 5 rings (SSSR count). The van der Waals surface area contributed by atoms with E-state index in [1.807, 2.05) is 54.6 Å². The zero-order valence-corrected chi connectivity index (χ0v) is 19.9. The van der Waals surface area contributed by atoms with Gasteiger partial charge in [0.25, 0.3) is 11.7 Å². The third-order valence-electron chi connectivity index (χ3n) is 6.00. The monoisotopic (exact) mass is 496 g/mol. The predicted molar refractivity (Wildman–Crippen MR) is 140 cm³/mol. The van der Waals surface area contributed by atoms with Crippen LogP contribution in [0.15, 0.2) is 84.9 Å². The lowest BCUT2D eigenvalue weighted by Gasteiger charge is -2.17. The molecule has 0 unspecified atom stereocenters. The first-order valence-electron chi connectivity index (χ1n) is 11.4. The number of Topliss-reactive ketones (excluding diaryl/α,β-unsaturated/α-hetero) is 1. The van der Waals surface area contributed by atoms with Crippen LogP contribution in [0.4, 0.5) is 5.69 Å². The number of nitrogens with zero attached hydrogens (tertiary/aromatic N) is 2. The Labute approximate surface area is 212 Å². The molecule has 6 nitrogen and oxygen atoms in total. The number of fused-ring (bicyclic) bond motifs is 2. The van der Waals surface area contributed by atoms with Crippen LogP contribution in [0.2, 0.25) is 5.02 Å². The number of carbonyl (C=O) groups is 3. The van der Waals surface area contributed by atoms with Gasteiger partial charge in [0, 0.05) is 22.6 Å². The van der Waals surface area contributed by atoms with Crippen molar-refractivity contribution in [3.8, 4) is 0 Å². The summed E-state index contributed by atoms with van der Waals surface area (Å²) in [6, 6.07) is 25.4. The number of benzene rings is 3. The number of para-hydroxylation sites is 2. The average Bonchev–Trinajstić information content (AvgIpc) is 3.35. The third-order valence-corrected chi connectivity index (χ3v) is 6.25. The summed E-state index contributed by atoms with van der Waals surface area (Å²) in [6.45, 7) is -0.0231.